The molecule has 1 aromatic heterocycles. The van der Waals surface area contributed by atoms with Gasteiger partial charge in [0.2, 0.25) is 5.91 Å². The molecule has 0 aliphatic heterocycles. The van der Waals surface area contributed by atoms with Crippen LogP contribution in [0, 0.1) is 0 Å². The van der Waals surface area contributed by atoms with Crippen LogP contribution >= 0.6 is 0 Å². The van der Waals surface area contributed by atoms with Crippen LogP contribution in [-0.4, -0.2) is 41.2 Å². The predicted molar refractivity (Wildman–Crippen MR) is 130 cm³/mol. The fraction of sp³-hybridized carbons (Fsp3) is 0.259. The van der Waals surface area contributed by atoms with Crippen LogP contribution in [0.25, 0.3) is 11.1 Å². The van der Waals surface area contributed by atoms with E-state index in [1.165, 1.54) is 34.5 Å². The molecule has 35 heavy (non-hydrogen) atoms. The summed E-state index contributed by atoms with van der Waals surface area (Å²) in [6, 6.07) is 19.4. The van der Waals surface area contributed by atoms with E-state index in [0.29, 0.717) is 25.8 Å². The van der Waals surface area contributed by atoms with Crippen molar-refractivity contribution in [3.63, 3.8) is 0 Å². The summed E-state index contributed by atoms with van der Waals surface area (Å²) < 4.78 is 5.51. The average Bonchev–Trinajstić information content (AvgIpc) is 3.20. The molecule has 3 N–H and O–H groups in total. The van der Waals surface area contributed by atoms with Gasteiger partial charge in [-0.3, -0.25) is 4.79 Å². The highest BCUT2D eigenvalue weighted by Crippen LogP contribution is 2.44. The van der Waals surface area contributed by atoms with Crippen molar-refractivity contribution in [2.24, 2.45) is 0 Å². The molecular weight excluding hydrogens is 446 g/mol. The molecule has 0 atom stereocenters. The minimum absolute atomic E-state index is 0.0207. The number of aromatic nitrogens is 1. The van der Waals surface area contributed by atoms with Gasteiger partial charge in [0, 0.05) is 31.6 Å². The monoisotopic (exact) mass is 473 g/mol. The van der Waals surface area contributed by atoms with E-state index < -0.39 is 12.1 Å². The number of pyridine rings is 1. The molecule has 180 valence electrons. The van der Waals surface area contributed by atoms with Crippen molar-refractivity contribution in [3.05, 3.63) is 89.2 Å². The number of hydrogen-bond acceptors (Lipinski definition) is 5. The zero-order chi connectivity index (χ0) is 24.6. The summed E-state index contributed by atoms with van der Waals surface area (Å²) in [6.45, 7) is 0.971. The molecule has 0 bridgehead atoms. The van der Waals surface area contributed by atoms with Gasteiger partial charge in [-0.2, -0.15) is 0 Å². The van der Waals surface area contributed by atoms with Gasteiger partial charge in [0.25, 0.3) is 0 Å². The molecule has 0 unspecified atom stereocenters. The summed E-state index contributed by atoms with van der Waals surface area (Å²) in [4.78, 5) is 38.8. The second kappa shape index (κ2) is 11.3. The number of nitrogens with zero attached hydrogens (tertiary/aromatic N) is 1. The van der Waals surface area contributed by atoms with E-state index in [0.717, 1.165) is 5.56 Å². The molecule has 1 aliphatic carbocycles. The van der Waals surface area contributed by atoms with Gasteiger partial charge in [-0.25, -0.2) is 14.6 Å². The number of aromatic carboxylic acids is 1. The number of fused-ring (bicyclic) bond motifs is 3. The third kappa shape index (κ3) is 6.03. The molecular formula is C27H27N3O5. The zero-order valence-electron chi connectivity index (χ0n) is 19.2. The third-order valence-electron chi connectivity index (χ3n) is 5.98. The Bertz CT molecular complexity index is 1160. The number of rotatable bonds is 10. The van der Waals surface area contributed by atoms with Crippen molar-refractivity contribution in [2.75, 3.05) is 13.2 Å². The van der Waals surface area contributed by atoms with Crippen LogP contribution in [0.2, 0.25) is 0 Å². The van der Waals surface area contributed by atoms with Crippen molar-refractivity contribution in [1.82, 2.24) is 15.6 Å². The fourth-order valence-electron chi connectivity index (χ4n) is 4.20. The molecule has 0 fully saturated rings. The molecule has 0 radical (unpaired) electrons. The van der Waals surface area contributed by atoms with Gasteiger partial charge in [-0.1, -0.05) is 54.6 Å². The molecule has 2 amide bonds. The molecule has 2 aromatic carbocycles. The second-order valence-corrected chi connectivity index (χ2v) is 8.34. The van der Waals surface area contributed by atoms with E-state index in [1.54, 1.807) is 6.07 Å². The number of carboxylic acid groups (broad SMARTS) is 1. The van der Waals surface area contributed by atoms with Gasteiger partial charge in [0.15, 0.2) is 0 Å². The van der Waals surface area contributed by atoms with Crippen LogP contribution in [0.1, 0.15) is 52.4 Å². The number of unbranched alkanes of at least 4 members (excludes halogenated alkanes) is 1. The molecule has 8 heteroatoms. The molecule has 1 heterocycles. The van der Waals surface area contributed by atoms with Crippen molar-refractivity contribution in [3.8, 4) is 11.1 Å². The van der Waals surface area contributed by atoms with Gasteiger partial charge >= 0.3 is 12.1 Å². The number of amides is 2. The molecule has 4 rings (SSSR count). The minimum atomic E-state index is -1.09. The second-order valence-electron chi connectivity index (χ2n) is 8.34. The van der Waals surface area contributed by atoms with E-state index in [1.807, 2.05) is 24.3 Å². The Morgan fingerprint density at radius 2 is 1.57 bits per heavy atom. The molecule has 0 saturated heterocycles. The Kier molecular flexibility index (Phi) is 7.72. The molecule has 0 saturated carbocycles. The lowest BCUT2D eigenvalue weighted by molar-refractivity contribution is -0.121. The summed E-state index contributed by atoms with van der Waals surface area (Å²) >= 11 is 0. The van der Waals surface area contributed by atoms with Gasteiger partial charge in [0.1, 0.15) is 12.3 Å². The number of nitrogens with one attached hydrogen (secondary N) is 2. The van der Waals surface area contributed by atoms with Crippen molar-refractivity contribution >= 4 is 18.0 Å². The maximum Gasteiger partial charge on any atom is 0.407 e. The smallest absolute Gasteiger partial charge is 0.407 e. The van der Waals surface area contributed by atoms with Crippen LogP contribution in [-0.2, 0) is 16.1 Å². The third-order valence-corrected chi connectivity index (χ3v) is 5.98. The van der Waals surface area contributed by atoms with Gasteiger partial charge in [0.05, 0.1) is 0 Å². The lowest BCUT2D eigenvalue weighted by Crippen LogP contribution is -2.27. The van der Waals surface area contributed by atoms with Crippen LogP contribution in [0.15, 0.2) is 66.9 Å². The first-order valence-corrected chi connectivity index (χ1v) is 11.6. The number of carbonyl (C=O) groups is 3. The Balaban J connectivity index is 1.12. The average molecular weight is 474 g/mol. The van der Waals surface area contributed by atoms with E-state index in [-0.39, 0.29) is 30.7 Å². The fourth-order valence-corrected chi connectivity index (χ4v) is 4.20. The van der Waals surface area contributed by atoms with E-state index in [2.05, 4.69) is 39.9 Å². The summed E-state index contributed by atoms with van der Waals surface area (Å²) in [5.41, 5.74) is 5.39. The number of benzene rings is 2. The van der Waals surface area contributed by atoms with Crippen LogP contribution in [0.3, 0.4) is 0 Å². The number of alkyl carbamates (subject to hydrolysis) is 1. The summed E-state index contributed by atoms with van der Waals surface area (Å²) in [6.07, 6.45) is 2.56. The summed E-state index contributed by atoms with van der Waals surface area (Å²) in [5.74, 6) is -1.19. The van der Waals surface area contributed by atoms with Gasteiger partial charge < -0.3 is 20.5 Å². The largest absolute Gasteiger partial charge is 0.477 e. The van der Waals surface area contributed by atoms with Gasteiger partial charge in [-0.15, -0.1) is 0 Å². The number of ether oxygens (including phenoxy) is 1. The summed E-state index contributed by atoms with van der Waals surface area (Å²) in [5, 5.41) is 14.4. The number of carbonyl (C=O) groups excluding carboxylic acids is 2. The normalized spacial score (nSPS) is 11.9. The van der Waals surface area contributed by atoms with Crippen molar-refractivity contribution in [1.29, 1.82) is 0 Å². The molecule has 3 aromatic rings. The predicted octanol–water partition coefficient (Wildman–Crippen LogP) is 4.11. The maximum absolute atomic E-state index is 12.2. The molecule has 0 spiro atoms. The molecule has 1 aliphatic rings. The van der Waals surface area contributed by atoms with E-state index in [4.69, 9.17) is 9.84 Å². The summed E-state index contributed by atoms with van der Waals surface area (Å²) in [7, 11) is 0. The highest BCUT2D eigenvalue weighted by atomic mass is 16.5. The first-order chi connectivity index (χ1) is 17.0. The van der Waals surface area contributed by atoms with Gasteiger partial charge in [-0.05, 0) is 46.7 Å². The first kappa shape index (κ1) is 23.9. The van der Waals surface area contributed by atoms with Crippen molar-refractivity contribution < 1.29 is 24.2 Å². The highest BCUT2D eigenvalue weighted by Gasteiger charge is 2.28. The highest BCUT2D eigenvalue weighted by molar-refractivity contribution is 5.85. The Morgan fingerprint density at radius 3 is 2.20 bits per heavy atom. The maximum atomic E-state index is 12.2. The van der Waals surface area contributed by atoms with Crippen LogP contribution in [0.5, 0.6) is 0 Å². The minimum Gasteiger partial charge on any atom is -0.477 e. The first-order valence-electron chi connectivity index (χ1n) is 11.6. The quantitative estimate of drug-likeness (QED) is 0.382. The van der Waals surface area contributed by atoms with Crippen LogP contribution < -0.4 is 10.6 Å². The zero-order valence-corrected chi connectivity index (χ0v) is 19.2. The topological polar surface area (TPSA) is 118 Å². The Morgan fingerprint density at radius 1 is 0.886 bits per heavy atom. The lowest BCUT2D eigenvalue weighted by Gasteiger charge is -2.14. The Labute approximate surface area is 203 Å². The standard InChI is InChI=1S/C27H27N3O5/c31-25(30-16-18-12-13-24(26(32)33)29-15-18)11-5-6-14-28-27(34)35-17-23-21-9-3-1-7-19(21)20-8-2-4-10-22(20)23/h1-4,7-10,12-13,15,23H,5-6,11,14,16-17H2,(H,28,34)(H,30,31)(H,32,33). The van der Waals surface area contributed by atoms with E-state index in [9.17, 15) is 14.4 Å². The SMILES string of the molecule is O=C(CCCCNC(=O)OCC1c2ccccc2-c2ccccc21)NCc1ccc(C(=O)O)nc1. The van der Waals surface area contributed by atoms with Crippen LogP contribution in [0.4, 0.5) is 4.79 Å². The number of carboxylic acids is 1. The van der Waals surface area contributed by atoms with Crippen molar-refractivity contribution in [2.45, 2.75) is 31.7 Å². The Hall–Kier alpha value is -4.20. The lowest BCUT2D eigenvalue weighted by atomic mass is 9.98. The van der Waals surface area contributed by atoms with E-state index >= 15 is 0 Å². The number of hydrogen-bond donors (Lipinski definition) is 3. The molecule has 8 nitrogen and oxygen atoms in total.